The standard InChI is InChI=1S/C14H29NO3S/c1-4-19(16,17)9-5-6-14(7-8-18-12-14)11-15-10-13(2)3/h13,15H,4-12H2,1-3H3. The van der Waals surface area contributed by atoms with Crippen LogP contribution >= 0.6 is 0 Å². The Bertz CT molecular complexity index is 346. The number of hydrogen-bond acceptors (Lipinski definition) is 4. The van der Waals surface area contributed by atoms with E-state index in [1.165, 1.54) is 0 Å². The maximum atomic E-state index is 11.5. The van der Waals surface area contributed by atoms with Crippen LogP contribution in [0, 0.1) is 11.3 Å². The van der Waals surface area contributed by atoms with Gasteiger partial charge >= 0.3 is 0 Å². The normalized spacial score (nSPS) is 24.2. The molecule has 0 saturated carbocycles. The highest BCUT2D eigenvalue weighted by molar-refractivity contribution is 7.91. The first kappa shape index (κ1) is 16.9. The fourth-order valence-electron chi connectivity index (χ4n) is 2.51. The second-order valence-corrected chi connectivity index (χ2v) is 8.64. The van der Waals surface area contributed by atoms with Gasteiger partial charge in [-0.15, -0.1) is 0 Å². The van der Waals surface area contributed by atoms with Crippen LogP contribution in [0.3, 0.4) is 0 Å². The van der Waals surface area contributed by atoms with Gasteiger partial charge in [0.25, 0.3) is 0 Å². The molecule has 0 aromatic carbocycles. The van der Waals surface area contributed by atoms with Crippen LogP contribution < -0.4 is 5.32 Å². The van der Waals surface area contributed by atoms with Crippen LogP contribution in [0.2, 0.25) is 0 Å². The molecule has 0 aromatic heterocycles. The monoisotopic (exact) mass is 291 g/mol. The van der Waals surface area contributed by atoms with E-state index in [0.29, 0.717) is 11.7 Å². The molecule has 0 aromatic rings. The van der Waals surface area contributed by atoms with E-state index in [-0.39, 0.29) is 11.2 Å². The van der Waals surface area contributed by atoms with Gasteiger partial charge in [0.2, 0.25) is 0 Å². The summed E-state index contributed by atoms with van der Waals surface area (Å²) in [7, 11) is -2.83. The van der Waals surface area contributed by atoms with E-state index in [9.17, 15) is 8.42 Å². The predicted octanol–water partition coefficient (Wildman–Crippen LogP) is 1.85. The molecule has 0 radical (unpaired) electrons. The quantitative estimate of drug-likeness (QED) is 0.704. The molecule has 4 nitrogen and oxygen atoms in total. The Balaban J connectivity index is 2.39. The van der Waals surface area contributed by atoms with Gasteiger partial charge in [-0.3, -0.25) is 0 Å². The van der Waals surface area contributed by atoms with Crippen molar-refractivity contribution in [2.45, 2.75) is 40.0 Å². The van der Waals surface area contributed by atoms with Gasteiger partial charge in [0.05, 0.1) is 12.4 Å². The first-order valence-electron chi connectivity index (χ1n) is 7.38. The summed E-state index contributed by atoms with van der Waals surface area (Å²) in [5.74, 6) is 1.21. The molecule has 1 aliphatic rings. The highest BCUT2D eigenvalue weighted by Gasteiger charge is 2.34. The maximum absolute atomic E-state index is 11.5. The zero-order valence-electron chi connectivity index (χ0n) is 12.6. The first-order valence-corrected chi connectivity index (χ1v) is 9.20. The SMILES string of the molecule is CCS(=O)(=O)CCCC1(CNCC(C)C)CCOC1. The van der Waals surface area contributed by atoms with Gasteiger partial charge in [-0.25, -0.2) is 8.42 Å². The fourth-order valence-corrected chi connectivity index (χ4v) is 3.38. The molecule has 19 heavy (non-hydrogen) atoms. The zero-order chi connectivity index (χ0) is 14.4. The Kier molecular flexibility index (Phi) is 6.77. The minimum atomic E-state index is -2.83. The Morgan fingerprint density at radius 2 is 2.11 bits per heavy atom. The number of nitrogens with one attached hydrogen (secondary N) is 1. The lowest BCUT2D eigenvalue weighted by atomic mass is 9.82. The number of ether oxygens (including phenoxy) is 1. The van der Waals surface area contributed by atoms with Gasteiger partial charge in [-0.1, -0.05) is 20.8 Å². The average molecular weight is 291 g/mol. The molecule has 0 aliphatic carbocycles. The summed E-state index contributed by atoms with van der Waals surface area (Å²) in [4.78, 5) is 0. The molecule has 0 amide bonds. The lowest BCUT2D eigenvalue weighted by Crippen LogP contribution is -2.36. The highest BCUT2D eigenvalue weighted by atomic mass is 32.2. The number of hydrogen-bond donors (Lipinski definition) is 1. The van der Waals surface area contributed by atoms with E-state index < -0.39 is 9.84 Å². The van der Waals surface area contributed by atoms with Crippen molar-refractivity contribution < 1.29 is 13.2 Å². The van der Waals surface area contributed by atoms with Gasteiger partial charge in [0, 0.05) is 24.3 Å². The molecule has 1 atom stereocenters. The number of sulfone groups is 1. The summed E-state index contributed by atoms with van der Waals surface area (Å²) in [5, 5.41) is 3.50. The molecular formula is C14H29NO3S. The third-order valence-electron chi connectivity index (χ3n) is 3.84. The Morgan fingerprint density at radius 3 is 2.63 bits per heavy atom. The van der Waals surface area contributed by atoms with Crippen LogP contribution in [-0.2, 0) is 14.6 Å². The van der Waals surface area contributed by atoms with Gasteiger partial charge in [-0.05, 0) is 31.7 Å². The van der Waals surface area contributed by atoms with E-state index >= 15 is 0 Å². The summed E-state index contributed by atoms with van der Waals surface area (Å²) < 4.78 is 28.6. The van der Waals surface area contributed by atoms with Crippen molar-refractivity contribution in [1.82, 2.24) is 5.32 Å². The molecule has 0 spiro atoms. The molecule has 114 valence electrons. The molecule has 1 heterocycles. The highest BCUT2D eigenvalue weighted by Crippen LogP contribution is 2.33. The van der Waals surface area contributed by atoms with Crippen LogP contribution in [0.1, 0.15) is 40.0 Å². The van der Waals surface area contributed by atoms with Crippen molar-refractivity contribution in [1.29, 1.82) is 0 Å². The largest absolute Gasteiger partial charge is 0.381 e. The first-order chi connectivity index (χ1) is 8.89. The Hall–Kier alpha value is -0.130. The fraction of sp³-hybridized carbons (Fsp3) is 1.00. The van der Waals surface area contributed by atoms with Gasteiger partial charge < -0.3 is 10.1 Å². The molecule has 1 fully saturated rings. The van der Waals surface area contributed by atoms with Gasteiger partial charge in [0.1, 0.15) is 9.84 Å². The molecule has 5 heteroatoms. The van der Waals surface area contributed by atoms with Crippen molar-refractivity contribution >= 4 is 9.84 Å². The van der Waals surface area contributed by atoms with Crippen molar-refractivity contribution in [3.63, 3.8) is 0 Å². The van der Waals surface area contributed by atoms with Crippen LogP contribution in [0.4, 0.5) is 0 Å². The second-order valence-electron chi connectivity index (χ2n) is 6.17. The summed E-state index contributed by atoms with van der Waals surface area (Å²) in [6, 6.07) is 0. The molecule has 1 N–H and O–H groups in total. The van der Waals surface area contributed by atoms with E-state index in [0.717, 1.165) is 45.6 Å². The third-order valence-corrected chi connectivity index (χ3v) is 5.63. The minimum Gasteiger partial charge on any atom is -0.381 e. The smallest absolute Gasteiger partial charge is 0.150 e. The second kappa shape index (κ2) is 7.60. The van der Waals surface area contributed by atoms with E-state index in [4.69, 9.17) is 4.74 Å². The van der Waals surface area contributed by atoms with Crippen LogP contribution in [0.25, 0.3) is 0 Å². The average Bonchev–Trinajstić information content (AvgIpc) is 2.77. The van der Waals surface area contributed by atoms with Crippen molar-refractivity contribution in [3.8, 4) is 0 Å². The summed E-state index contributed by atoms with van der Waals surface area (Å²) >= 11 is 0. The van der Waals surface area contributed by atoms with Crippen molar-refractivity contribution in [2.75, 3.05) is 37.8 Å². The van der Waals surface area contributed by atoms with Crippen LogP contribution in [0.5, 0.6) is 0 Å². The molecule has 0 bridgehead atoms. The molecule has 1 unspecified atom stereocenters. The van der Waals surface area contributed by atoms with Crippen molar-refractivity contribution in [3.05, 3.63) is 0 Å². The molecule has 1 rings (SSSR count). The third kappa shape index (κ3) is 6.23. The van der Waals surface area contributed by atoms with E-state index in [2.05, 4.69) is 19.2 Å². The van der Waals surface area contributed by atoms with E-state index in [1.807, 2.05) is 0 Å². The Morgan fingerprint density at radius 1 is 1.37 bits per heavy atom. The van der Waals surface area contributed by atoms with Gasteiger partial charge in [-0.2, -0.15) is 0 Å². The minimum absolute atomic E-state index is 0.151. The summed E-state index contributed by atoms with van der Waals surface area (Å²) in [5.41, 5.74) is 0.151. The molecule has 1 aliphatic heterocycles. The topological polar surface area (TPSA) is 55.4 Å². The molecular weight excluding hydrogens is 262 g/mol. The predicted molar refractivity (Wildman–Crippen MR) is 79.1 cm³/mol. The van der Waals surface area contributed by atoms with Crippen LogP contribution in [0.15, 0.2) is 0 Å². The maximum Gasteiger partial charge on any atom is 0.150 e. The molecule has 1 saturated heterocycles. The van der Waals surface area contributed by atoms with Crippen molar-refractivity contribution in [2.24, 2.45) is 11.3 Å². The lowest BCUT2D eigenvalue weighted by Gasteiger charge is -2.28. The summed E-state index contributed by atoms with van der Waals surface area (Å²) in [6.45, 7) is 9.63. The lowest BCUT2D eigenvalue weighted by molar-refractivity contribution is 0.143. The van der Waals surface area contributed by atoms with Gasteiger partial charge in [0.15, 0.2) is 0 Å². The zero-order valence-corrected chi connectivity index (χ0v) is 13.4. The Labute approximate surface area is 118 Å². The van der Waals surface area contributed by atoms with Crippen LogP contribution in [-0.4, -0.2) is 46.2 Å². The summed E-state index contributed by atoms with van der Waals surface area (Å²) in [6.07, 6.45) is 2.74. The number of rotatable bonds is 9. The van der Waals surface area contributed by atoms with E-state index in [1.54, 1.807) is 6.92 Å².